The van der Waals surface area contributed by atoms with Crippen molar-refractivity contribution in [1.29, 1.82) is 0 Å². The molecule has 2 aromatic rings. The minimum atomic E-state index is -0.568. The number of nitrogens with one attached hydrogen (secondary N) is 3. The van der Waals surface area contributed by atoms with Crippen LogP contribution in [0.2, 0.25) is 5.02 Å². The first kappa shape index (κ1) is 30.3. The van der Waals surface area contributed by atoms with E-state index in [4.69, 9.17) is 11.6 Å². The first-order valence-electron chi connectivity index (χ1n) is 13.6. The topological polar surface area (TPSA) is 122 Å². The third-order valence-corrected chi connectivity index (χ3v) is 6.44. The molecule has 0 radical (unpaired) electrons. The van der Waals surface area contributed by atoms with Crippen molar-refractivity contribution in [2.75, 3.05) is 17.3 Å². The Labute approximate surface area is 225 Å². The fourth-order valence-electron chi connectivity index (χ4n) is 4.12. The lowest BCUT2D eigenvalue weighted by Crippen LogP contribution is -2.30. The van der Waals surface area contributed by atoms with Crippen LogP contribution in [0.4, 0.5) is 17.3 Å². The van der Waals surface area contributed by atoms with Gasteiger partial charge >= 0.3 is 5.69 Å². The molecule has 0 aliphatic carbocycles. The molecule has 1 heterocycles. The maximum Gasteiger partial charge on any atom is 0.354 e. The van der Waals surface area contributed by atoms with Crippen molar-refractivity contribution in [2.24, 2.45) is 0 Å². The molecule has 0 aliphatic heterocycles. The number of nitrogens with zero attached hydrogens (tertiary/aromatic N) is 3. The van der Waals surface area contributed by atoms with Crippen LogP contribution in [0.15, 0.2) is 30.6 Å². The zero-order valence-corrected chi connectivity index (χ0v) is 22.7. The van der Waals surface area contributed by atoms with Gasteiger partial charge in [-0.15, -0.1) is 0 Å². The molecule has 0 aliphatic rings. The molecule has 1 amide bonds. The van der Waals surface area contributed by atoms with Crippen molar-refractivity contribution in [1.82, 2.24) is 15.4 Å². The fourth-order valence-corrected chi connectivity index (χ4v) is 4.31. The Hall–Kier alpha value is -2.94. The number of amides is 1. The number of aromatic nitrogens is 2. The molecule has 37 heavy (non-hydrogen) atoms. The summed E-state index contributed by atoms with van der Waals surface area (Å²) in [6, 6.07) is 6.37. The molecule has 10 heteroatoms. The van der Waals surface area contributed by atoms with Crippen molar-refractivity contribution in [3.8, 4) is 0 Å². The number of halogens is 1. The highest BCUT2D eigenvalue weighted by atomic mass is 35.5. The molecule has 2 rings (SSSR count). The Bertz CT molecular complexity index is 959. The van der Waals surface area contributed by atoms with E-state index in [1.165, 1.54) is 83.0 Å². The monoisotopic (exact) mass is 532 g/mol. The van der Waals surface area contributed by atoms with Gasteiger partial charge in [0.15, 0.2) is 0 Å². The highest BCUT2D eigenvalue weighted by Crippen LogP contribution is 2.28. The maximum absolute atomic E-state index is 12.3. The lowest BCUT2D eigenvalue weighted by Gasteiger charge is -2.11. The summed E-state index contributed by atoms with van der Waals surface area (Å²) in [6.45, 7) is 2.83. The van der Waals surface area contributed by atoms with Crippen LogP contribution < -0.4 is 16.2 Å². The Morgan fingerprint density at radius 3 is 2.03 bits per heavy atom. The number of carbonyl (C=O) groups excluding carboxylic acids is 1. The Morgan fingerprint density at radius 2 is 1.46 bits per heavy atom. The number of carbonyl (C=O) groups is 1. The highest BCUT2D eigenvalue weighted by Gasteiger charge is 2.23. The summed E-state index contributed by atoms with van der Waals surface area (Å²) < 4.78 is 0. The van der Waals surface area contributed by atoms with Gasteiger partial charge in [0, 0.05) is 17.1 Å². The minimum absolute atomic E-state index is 0.0983. The molecule has 1 aromatic heterocycles. The van der Waals surface area contributed by atoms with E-state index in [0.717, 1.165) is 19.3 Å². The maximum atomic E-state index is 12.3. The summed E-state index contributed by atoms with van der Waals surface area (Å²) in [5.74, 6) is -0.472. The van der Waals surface area contributed by atoms with Crippen LogP contribution in [-0.2, 0) is 0 Å². The van der Waals surface area contributed by atoms with Gasteiger partial charge in [0.1, 0.15) is 6.33 Å². The average Bonchev–Trinajstić information content (AvgIpc) is 2.89. The SMILES string of the molecule is CCCCCCCCCCCCCCCCNc1ncnc(NNC(=O)c2cccc(Cl)c2)c1[N+](=O)[O-]. The number of benzene rings is 1. The third kappa shape index (κ3) is 12.2. The van der Waals surface area contributed by atoms with E-state index in [9.17, 15) is 14.9 Å². The summed E-state index contributed by atoms with van der Waals surface area (Å²) in [7, 11) is 0. The van der Waals surface area contributed by atoms with Gasteiger partial charge in [0.05, 0.1) is 4.92 Å². The van der Waals surface area contributed by atoms with Crippen molar-refractivity contribution in [3.05, 3.63) is 51.3 Å². The molecular formula is C27H41ClN6O3. The number of hydrazine groups is 1. The zero-order valence-electron chi connectivity index (χ0n) is 21.9. The van der Waals surface area contributed by atoms with Crippen LogP contribution in [0.3, 0.4) is 0 Å². The summed E-state index contributed by atoms with van der Waals surface area (Å²) >= 11 is 5.91. The molecule has 3 N–H and O–H groups in total. The number of anilines is 2. The van der Waals surface area contributed by atoms with Crippen molar-refractivity contribution >= 4 is 34.8 Å². The molecule has 0 atom stereocenters. The van der Waals surface area contributed by atoms with Crippen LogP contribution in [0.1, 0.15) is 107 Å². The van der Waals surface area contributed by atoms with E-state index in [0.29, 0.717) is 17.1 Å². The molecule has 0 fully saturated rings. The Morgan fingerprint density at radius 1 is 0.892 bits per heavy atom. The van der Waals surface area contributed by atoms with Crippen molar-refractivity contribution < 1.29 is 9.72 Å². The van der Waals surface area contributed by atoms with Crippen molar-refractivity contribution in [3.63, 3.8) is 0 Å². The van der Waals surface area contributed by atoms with Crippen LogP contribution in [-0.4, -0.2) is 27.3 Å². The van der Waals surface area contributed by atoms with E-state index in [1.54, 1.807) is 18.2 Å². The van der Waals surface area contributed by atoms with Gasteiger partial charge in [-0.1, -0.05) is 108 Å². The second kappa shape index (κ2) is 18.3. The van der Waals surface area contributed by atoms with Gasteiger partial charge in [-0.05, 0) is 24.6 Å². The van der Waals surface area contributed by atoms with Crippen molar-refractivity contribution in [2.45, 2.75) is 96.8 Å². The number of rotatable bonds is 20. The van der Waals surface area contributed by atoms with E-state index in [-0.39, 0.29) is 17.3 Å². The standard InChI is InChI=1S/C27H41ClN6O3/c1-2-3-4-5-6-7-8-9-10-11-12-13-14-15-19-29-25-24(34(36)37)26(31-21-30-25)32-33-27(35)22-17-16-18-23(28)20-22/h16-18,20-21H,2-15,19H2,1H3,(H,33,35)(H2,29,30,31,32). The molecular weight excluding hydrogens is 492 g/mol. The average molecular weight is 533 g/mol. The summed E-state index contributed by atoms with van der Waals surface area (Å²) in [6.07, 6.45) is 19.0. The normalized spacial score (nSPS) is 10.8. The zero-order chi connectivity index (χ0) is 26.7. The van der Waals surface area contributed by atoms with Gasteiger partial charge in [-0.3, -0.25) is 25.8 Å². The first-order chi connectivity index (χ1) is 18.0. The molecule has 9 nitrogen and oxygen atoms in total. The van der Waals surface area contributed by atoms with Crippen LogP contribution >= 0.6 is 11.6 Å². The smallest absolute Gasteiger partial charge is 0.354 e. The summed E-state index contributed by atoms with van der Waals surface area (Å²) in [5.41, 5.74) is 4.94. The number of unbranched alkanes of at least 4 members (excludes halogenated alkanes) is 13. The second-order valence-corrected chi connectivity index (χ2v) is 9.73. The van der Waals surface area contributed by atoms with E-state index < -0.39 is 10.8 Å². The highest BCUT2D eigenvalue weighted by molar-refractivity contribution is 6.30. The summed E-state index contributed by atoms with van der Waals surface area (Å²) in [4.78, 5) is 31.4. The summed E-state index contributed by atoms with van der Waals surface area (Å²) in [5, 5.41) is 15.1. The van der Waals surface area contributed by atoms with E-state index in [1.807, 2.05) is 0 Å². The van der Waals surface area contributed by atoms with Crippen LogP contribution in [0, 0.1) is 10.1 Å². The van der Waals surface area contributed by atoms with Gasteiger partial charge < -0.3 is 5.32 Å². The predicted molar refractivity (Wildman–Crippen MR) is 150 cm³/mol. The van der Waals surface area contributed by atoms with Gasteiger partial charge in [-0.2, -0.15) is 0 Å². The molecule has 0 unspecified atom stereocenters. The Kier molecular flexibility index (Phi) is 15.0. The molecule has 1 aromatic carbocycles. The predicted octanol–water partition coefficient (Wildman–Crippen LogP) is 7.69. The van der Waals surface area contributed by atoms with Gasteiger partial charge in [0.25, 0.3) is 5.91 Å². The largest absolute Gasteiger partial charge is 0.364 e. The molecule has 0 saturated heterocycles. The van der Waals surface area contributed by atoms with E-state index >= 15 is 0 Å². The molecule has 0 saturated carbocycles. The molecule has 204 valence electrons. The van der Waals surface area contributed by atoms with E-state index in [2.05, 4.69) is 33.1 Å². The van der Waals surface area contributed by atoms with Crippen LogP contribution in [0.5, 0.6) is 0 Å². The number of hydrogen-bond donors (Lipinski definition) is 3. The van der Waals surface area contributed by atoms with Gasteiger partial charge in [0.2, 0.25) is 11.6 Å². The Balaban J connectivity index is 1.64. The first-order valence-corrected chi connectivity index (χ1v) is 14.0. The number of nitro groups is 1. The second-order valence-electron chi connectivity index (χ2n) is 9.29. The fraction of sp³-hybridized carbons (Fsp3) is 0.593. The molecule has 0 bridgehead atoms. The lowest BCUT2D eigenvalue weighted by atomic mass is 10.0. The number of hydrogen-bond acceptors (Lipinski definition) is 7. The molecule has 0 spiro atoms. The van der Waals surface area contributed by atoms with Crippen LogP contribution in [0.25, 0.3) is 0 Å². The minimum Gasteiger partial charge on any atom is -0.364 e. The third-order valence-electron chi connectivity index (χ3n) is 6.21. The van der Waals surface area contributed by atoms with Gasteiger partial charge in [-0.25, -0.2) is 9.97 Å². The quantitative estimate of drug-likeness (QED) is 0.0907. The lowest BCUT2D eigenvalue weighted by molar-refractivity contribution is -0.383.